The number of aromatic nitrogens is 1. The molecule has 0 bridgehead atoms. The van der Waals surface area contributed by atoms with Crippen LogP contribution in [0.4, 0.5) is 0 Å². The van der Waals surface area contributed by atoms with E-state index in [4.69, 9.17) is 14.9 Å². The van der Waals surface area contributed by atoms with Gasteiger partial charge in [0.2, 0.25) is 0 Å². The number of rotatable bonds is 5. The van der Waals surface area contributed by atoms with E-state index in [1.807, 2.05) is 18.2 Å². The Bertz CT molecular complexity index is 886. The van der Waals surface area contributed by atoms with Crippen molar-refractivity contribution in [2.75, 3.05) is 6.61 Å². The number of nitrogens with two attached hydrogens (primary N) is 1. The predicted octanol–water partition coefficient (Wildman–Crippen LogP) is 3.09. The summed E-state index contributed by atoms with van der Waals surface area (Å²) in [5.74, 6) is 1.18. The maximum Gasteiger partial charge on any atom is 0.345 e. The van der Waals surface area contributed by atoms with Crippen molar-refractivity contribution >= 4 is 21.7 Å². The molecule has 0 aliphatic rings. The fourth-order valence-corrected chi connectivity index (χ4v) is 2.72. The highest BCUT2D eigenvalue weighted by Crippen LogP contribution is 2.26. The Hall–Kier alpha value is -2.40. The van der Waals surface area contributed by atoms with Gasteiger partial charge in [-0.15, -0.1) is 0 Å². The highest BCUT2D eigenvalue weighted by atomic mass is 16.5. The minimum absolute atomic E-state index is 0.0135. The zero-order valence-electron chi connectivity index (χ0n) is 13.3. The van der Waals surface area contributed by atoms with E-state index in [2.05, 4.69) is 18.8 Å². The maximum absolute atomic E-state index is 12.0. The third-order valence-corrected chi connectivity index (χ3v) is 3.73. The van der Waals surface area contributed by atoms with E-state index in [-0.39, 0.29) is 6.04 Å². The van der Waals surface area contributed by atoms with Gasteiger partial charge in [-0.25, -0.2) is 4.79 Å². The number of ether oxygens (including phenoxy) is 1. The Morgan fingerprint density at radius 2 is 2.04 bits per heavy atom. The molecule has 2 heterocycles. The van der Waals surface area contributed by atoms with Crippen LogP contribution in [0.3, 0.4) is 0 Å². The third kappa shape index (κ3) is 3.35. The van der Waals surface area contributed by atoms with Crippen LogP contribution >= 0.6 is 0 Å². The maximum atomic E-state index is 12.0. The van der Waals surface area contributed by atoms with E-state index >= 15 is 0 Å². The van der Waals surface area contributed by atoms with Crippen LogP contribution in [0.2, 0.25) is 0 Å². The average Bonchev–Trinajstić information content (AvgIpc) is 2.52. The van der Waals surface area contributed by atoms with Crippen molar-refractivity contribution < 1.29 is 9.15 Å². The Morgan fingerprint density at radius 1 is 1.22 bits per heavy atom. The van der Waals surface area contributed by atoms with E-state index < -0.39 is 5.63 Å². The molecule has 0 fully saturated rings. The number of fused-ring (bicyclic) bond motifs is 3. The smallest absolute Gasteiger partial charge is 0.345 e. The molecule has 0 radical (unpaired) electrons. The lowest BCUT2D eigenvalue weighted by Crippen LogP contribution is -2.29. The predicted molar refractivity (Wildman–Crippen MR) is 90.7 cm³/mol. The molecule has 0 aliphatic heterocycles. The van der Waals surface area contributed by atoms with Gasteiger partial charge >= 0.3 is 5.63 Å². The van der Waals surface area contributed by atoms with Crippen molar-refractivity contribution in [1.29, 1.82) is 0 Å². The first-order valence-corrected chi connectivity index (χ1v) is 7.73. The quantitative estimate of drug-likeness (QED) is 0.578. The molecule has 0 unspecified atom stereocenters. The molecule has 0 aliphatic carbocycles. The summed E-state index contributed by atoms with van der Waals surface area (Å²) in [7, 11) is 0. The summed E-state index contributed by atoms with van der Waals surface area (Å²) in [4.78, 5) is 16.0. The second-order valence-corrected chi connectivity index (χ2v) is 6.17. The van der Waals surface area contributed by atoms with Gasteiger partial charge in [0.05, 0.1) is 5.39 Å². The average molecular weight is 312 g/mol. The van der Waals surface area contributed by atoms with Crippen LogP contribution in [0.1, 0.15) is 20.3 Å². The first-order valence-electron chi connectivity index (χ1n) is 7.73. The molecule has 0 saturated heterocycles. The zero-order valence-corrected chi connectivity index (χ0v) is 13.3. The Balaban J connectivity index is 1.91. The van der Waals surface area contributed by atoms with Crippen LogP contribution < -0.4 is 16.1 Å². The monoisotopic (exact) mass is 312 g/mol. The van der Waals surface area contributed by atoms with Crippen LogP contribution in [0.5, 0.6) is 5.75 Å². The molecule has 2 aromatic heterocycles. The van der Waals surface area contributed by atoms with Gasteiger partial charge < -0.3 is 14.9 Å². The summed E-state index contributed by atoms with van der Waals surface area (Å²) in [5, 5.41) is 2.17. The van der Waals surface area contributed by atoms with E-state index in [9.17, 15) is 4.79 Å². The number of benzene rings is 1. The summed E-state index contributed by atoms with van der Waals surface area (Å²) in [6.07, 6.45) is 4.09. The number of nitrogens with zero attached hydrogens (tertiary/aromatic N) is 1. The molecule has 1 atom stereocenters. The van der Waals surface area contributed by atoms with Gasteiger partial charge in [-0.2, -0.15) is 0 Å². The second kappa shape index (κ2) is 6.38. The van der Waals surface area contributed by atoms with Crippen molar-refractivity contribution in [3.05, 3.63) is 47.1 Å². The van der Waals surface area contributed by atoms with E-state index in [1.54, 1.807) is 12.3 Å². The fourth-order valence-electron chi connectivity index (χ4n) is 2.72. The lowest BCUT2D eigenvalue weighted by Gasteiger charge is -2.15. The summed E-state index contributed by atoms with van der Waals surface area (Å²) >= 11 is 0. The molecule has 120 valence electrons. The topological polar surface area (TPSA) is 78.4 Å². The van der Waals surface area contributed by atoms with Crippen molar-refractivity contribution in [3.63, 3.8) is 0 Å². The van der Waals surface area contributed by atoms with Crippen LogP contribution in [-0.4, -0.2) is 17.6 Å². The molecular weight excluding hydrogens is 292 g/mol. The lowest BCUT2D eigenvalue weighted by molar-refractivity contribution is 0.271. The van der Waals surface area contributed by atoms with E-state index in [0.717, 1.165) is 17.2 Å². The molecule has 5 nitrogen and oxygen atoms in total. The largest absolute Gasteiger partial charge is 0.492 e. The standard InChI is InChI=1S/C18H20N2O3/c1-11(2)7-12(19)10-22-13-3-4-15-14-5-6-20-9-16(14)18(21)23-17(15)8-13/h3-6,8-9,11-12H,7,10,19H2,1-2H3/t12-/m0/s1. The number of pyridine rings is 1. The van der Waals surface area contributed by atoms with Crippen molar-refractivity contribution in [2.45, 2.75) is 26.3 Å². The minimum Gasteiger partial charge on any atom is -0.492 e. The van der Waals surface area contributed by atoms with E-state index in [1.165, 1.54) is 6.20 Å². The minimum atomic E-state index is -0.394. The molecule has 0 spiro atoms. The Morgan fingerprint density at radius 3 is 2.83 bits per heavy atom. The van der Waals surface area contributed by atoms with Gasteiger partial charge in [0, 0.05) is 35.3 Å². The first kappa shape index (κ1) is 15.5. The second-order valence-electron chi connectivity index (χ2n) is 6.17. The molecule has 3 rings (SSSR count). The van der Waals surface area contributed by atoms with Crippen molar-refractivity contribution in [2.24, 2.45) is 11.7 Å². The van der Waals surface area contributed by atoms with Gasteiger partial charge in [0.1, 0.15) is 17.9 Å². The van der Waals surface area contributed by atoms with Crippen molar-refractivity contribution in [3.8, 4) is 5.75 Å². The van der Waals surface area contributed by atoms with Gasteiger partial charge in [-0.05, 0) is 30.5 Å². The molecule has 2 N–H and O–H groups in total. The highest BCUT2D eigenvalue weighted by Gasteiger charge is 2.10. The van der Waals surface area contributed by atoms with Crippen LogP contribution in [0.25, 0.3) is 21.7 Å². The number of hydrogen-bond donors (Lipinski definition) is 1. The molecule has 23 heavy (non-hydrogen) atoms. The van der Waals surface area contributed by atoms with Crippen LogP contribution in [-0.2, 0) is 0 Å². The lowest BCUT2D eigenvalue weighted by atomic mass is 10.1. The molecule has 0 saturated carbocycles. The molecular formula is C18H20N2O3. The molecule has 0 amide bonds. The molecule has 1 aromatic carbocycles. The first-order chi connectivity index (χ1) is 11.0. The summed E-state index contributed by atoms with van der Waals surface area (Å²) in [6, 6.07) is 7.29. The number of hydrogen-bond acceptors (Lipinski definition) is 5. The van der Waals surface area contributed by atoms with Crippen molar-refractivity contribution in [1.82, 2.24) is 4.98 Å². The third-order valence-electron chi connectivity index (χ3n) is 3.73. The van der Waals surface area contributed by atoms with Gasteiger partial charge in [-0.3, -0.25) is 4.98 Å². The van der Waals surface area contributed by atoms with Crippen LogP contribution in [0.15, 0.2) is 45.9 Å². The van der Waals surface area contributed by atoms with E-state index in [0.29, 0.717) is 29.2 Å². The fraction of sp³-hybridized carbons (Fsp3) is 0.333. The Labute approximate surface area is 134 Å². The molecule has 3 aromatic rings. The Kier molecular flexibility index (Phi) is 4.30. The summed E-state index contributed by atoms with van der Waals surface area (Å²) in [6.45, 7) is 4.69. The molecule has 5 heteroatoms. The highest BCUT2D eigenvalue weighted by molar-refractivity contribution is 6.04. The van der Waals surface area contributed by atoms with Gasteiger partial charge in [-0.1, -0.05) is 13.8 Å². The zero-order chi connectivity index (χ0) is 16.4. The summed E-state index contributed by atoms with van der Waals surface area (Å²) in [5.41, 5.74) is 6.14. The normalized spacial score (nSPS) is 12.9. The SMILES string of the molecule is CC(C)C[C@H](N)COc1ccc2c(c1)oc(=O)c1cnccc12. The van der Waals surface area contributed by atoms with Crippen LogP contribution in [0, 0.1) is 5.92 Å². The van der Waals surface area contributed by atoms with Gasteiger partial charge in [0.15, 0.2) is 0 Å². The van der Waals surface area contributed by atoms with Gasteiger partial charge in [0.25, 0.3) is 0 Å². The summed E-state index contributed by atoms with van der Waals surface area (Å²) < 4.78 is 11.1.